The van der Waals surface area contributed by atoms with Crippen LogP contribution in [0.3, 0.4) is 0 Å². The molecule has 21 heavy (non-hydrogen) atoms. The summed E-state index contributed by atoms with van der Waals surface area (Å²) < 4.78 is 16.0. The fourth-order valence-electron chi connectivity index (χ4n) is 2.08. The number of hydrogen-bond acceptors (Lipinski definition) is 5. The number of hydrogen-bond donors (Lipinski definition) is 1. The van der Waals surface area contributed by atoms with Gasteiger partial charge in [-0.25, -0.2) is 0 Å². The smallest absolute Gasteiger partial charge is 0.303 e. The quantitative estimate of drug-likeness (QED) is 0.752. The van der Waals surface area contributed by atoms with Crippen molar-refractivity contribution >= 4 is 5.97 Å². The highest BCUT2D eigenvalue weighted by molar-refractivity contribution is 5.66. The molecule has 0 aromatic heterocycles. The fourth-order valence-corrected chi connectivity index (χ4v) is 2.08. The van der Waals surface area contributed by atoms with E-state index in [0.29, 0.717) is 36.8 Å². The summed E-state index contributed by atoms with van der Waals surface area (Å²) in [6.07, 6.45) is 0.772. The highest BCUT2D eigenvalue weighted by atomic mass is 16.5. The Morgan fingerprint density at radius 1 is 1.14 bits per heavy atom. The molecule has 0 fully saturated rings. The van der Waals surface area contributed by atoms with E-state index in [9.17, 15) is 4.79 Å². The van der Waals surface area contributed by atoms with E-state index in [1.54, 1.807) is 21.3 Å². The number of rotatable bonds is 9. The molecule has 0 atom stereocenters. The van der Waals surface area contributed by atoms with Crippen LogP contribution in [0.1, 0.15) is 18.4 Å². The van der Waals surface area contributed by atoms with Crippen molar-refractivity contribution in [2.45, 2.75) is 19.4 Å². The van der Waals surface area contributed by atoms with Crippen LogP contribution in [0.5, 0.6) is 17.2 Å². The van der Waals surface area contributed by atoms with Crippen molar-refractivity contribution in [2.24, 2.45) is 0 Å². The summed E-state index contributed by atoms with van der Waals surface area (Å²) >= 11 is 0. The lowest BCUT2D eigenvalue weighted by atomic mass is 10.1. The lowest BCUT2D eigenvalue weighted by Crippen LogP contribution is -2.20. The van der Waals surface area contributed by atoms with Gasteiger partial charge in [-0.05, 0) is 20.0 Å². The molecule has 0 saturated heterocycles. The van der Waals surface area contributed by atoms with Crippen LogP contribution in [0, 0.1) is 0 Å². The molecule has 118 valence electrons. The van der Waals surface area contributed by atoms with Crippen LogP contribution < -0.4 is 14.2 Å². The van der Waals surface area contributed by atoms with Gasteiger partial charge in [0.05, 0.1) is 26.9 Å². The number of methoxy groups -OCH3 is 3. The molecular weight excluding hydrogens is 274 g/mol. The maximum atomic E-state index is 10.5. The lowest BCUT2D eigenvalue weighted by Gasteiger charge is -2.20. The monoisotopic (exact) mass is 297 g/mol. The average molecular weight is 297 g/mol. The van der Waals surface area contributed by atoms with Crippen LogP contribution in [-0.2, 0) is 11.3 Å². The first-order valence-corrected chi connectivity index (χ1v) is 6.71. The van der Waals surface area contributed by atoms with Gasteiger partial charge in [0.25, 0.3) is 0 Å². The summed E-state index contributed by atoms with van der Waals surface area (Å²) in [6.45, 7) is 1.29. The van der Waals surface area contributed by atoms with Crippen LogP contribution in [0.15, 0.2) is 12.1 Å². The van der Waals surface area contributed by atoms with Crippen molar-refractivity contribution in [2.75, 3.05) is 34.9 Å². The number of benzene rings is 1. The van der Waals surface area contributed by atoms with Crippen molar-refractivity contribution in [1.82, 2.24) is 4.90 Å². The molecule has 6 nitrogen and oxygen atoms in total. The third-order valence-corrected chi connectivity index (χ3v) is 3.18. The average Bonchev–Trinajstić information content (AvgIpc) is 2.46. The Kier molecular flexibility index (Phi) is 6.81. The molecule has 0 spiro atoms. The molecule has 0 heterocycles. The van der Waals surface area contributed by atoms with Gasteiger partial charge in [0, 0.05) is 25.1 Å². The highest BCUT2D eigenvalue weighted by Gasteiger charge is 2.15. The Hall–Kier alpha value is -1.95. The van der Waals surface area contributed by atoms with Crippen molar-refractivity contribution < 1.29 is 24.1 Å². The van der Waals surface area contributed by atoms with E-state index in [2.05, 4.69) is 0 Å². The third-order valence-electron chi connectivity index (χ3n) is 3.18. The standard InChI is InChI=1S/C15H23NO5/c1-16(7-5-6-15(17)18)10-12-13(20-3)8-11(19-2)9-14(12)21-4/h8-9H,5-7,10H2,1-4H3,(H,17,18). The second-order valence-corrected chi connectivity index (χ2v) is 4.75. The summed E-state index contributed by atoms with van der Waals surface area (Å²) in [5.74, 6) is 1.27. The van der Waals surface area contributed by atoms with Crippen molar-refractivity contribution in [1.29, 1.82) is 0 Å². The van der Waals surface area contributed by atoms with E-state index in [-0.39, 0.29) is 6.42 Å². The Labute approximate surface area is 125 Å². The number of carbonyl (C=O) groups is 1. The van der Waals surface area contributed by atoms with Crippen LogP contribution in [-0.4, -0.2) is 50.9 Å². The normalized spacial score (nSPS) is 10.5. The number of aliphatic carboxylic acids is 1. The molecule has 0 bridgehead atoms. The van der Waals surface area contributed by atoms with E-state index >= 15 is 0 Å². The second-order valence-electron chi connectivity index (χ2n) is 4.75. The first-order chi connectivity index (χ1) is 10.0. The van der Waals surface area contributed by atoms with Gasteiger partial charge >= 0.3 is 5.97 Å². The van der Waals surface area contributed by atoms with E-state index in [1.807, 2.05) is 24.1 Å². The van der Waals surface area contributed by atoms with Crippen LogP contribution >= 0.6 is 0 Å². The summed E-state index contributed by atoms with van der Waals surface area (Å²) in [4.78, 5) is 12.6. The Bertz CT molecular complexity index is 450. The van der Waals surface area contributed by atoms with E-state index in [1.165, 1.54) is 0 Å². The molecule has 0 aliphatic carbocycles. The first-order valence-electron chi connectivity index (χ1n) is 6.71. The highest BCUT2D eigenvalue weighted by Crippen LogP contribution is 2.34. The minimum atomic E-state index is -0.775. The van der Waals surface area contributed by atoms with Gasteiger partial charge in [0.1, 0.15) is 17.2 Å². The largest absolute Gasteiger partial charge is 0.496 e. The first kappa shape index (κ1) is 17.1. The molecule has 0 aliphatic heterocycles. The zero-order valence-electron chi connectivity index (χ0n) is 13.0. The van der Waals surface area contributed by atoms with Gasteiger partial charge in [-0.15, -0.1) is 0 Å². The zero-order valence-corrected chi connectivity index (χ0v) is 13.0. The number of carboxylic acids is 1. The number of carboxylic acid groups (broad SMARTS) is 1. The third kappa shape index (κ3) is 5.15. The molecule has 1 aromatic carbocycles. The Morgan fingerprint density at radius 3 is 2.14 bits per heavy atom. The van der Waals surface area contributed by atoms with Gasteiger partial charge in [-0.2, -0.15) is 0 Å². The van der Waals surface area contributed by atoms with Crippen LogP contribution in [0.2, 0.25) is 0 Å². The van der Waals surface area contributed by atoms with Gasteiger partial charge in [0.15, 0.2) is 0 Å². The van der Waals surface area contributed by atoms with E-state index < -0.39 is 5.97 Å². The molecular formula is C15H23NO5. The summed E-state index contributed by atoms with van der Waals surface area (Å²) in [6, 6.07) is 3.62. The number of ether oxygens (including phenoxy) is 3. The maximum absolute atomic E-state index is 10.5. The zero-order chi connectivity index (χ0) is 15.8. The minimum absolute atomic E-state index is 0.168. The molecule has 0 amide bonds. The van der Waals surface area contributed by atoms with Gasteiger partial charge in [-0.3, -0.25) is 4.79 Å². The van der Waals surface area contributed by atoms with Gasteiger partial charge < -0.3 is 24.2 Å². The Balaban J connectivity index is 2.82. The van der Waals surface area contributed by atoms with Crippen LogP contribution in [0.25, 0.3) is 0 Å². The topological polar surface area (TPSA) is 68.2 Å². The molecule has 0 aliphatic rings. The summed E-state index contributed by atoms with van der Waals surface area (Å²) in [7, 11) is 6.72. The summed E-state index contributed by atoms with van der Waals surface area (Å²) in [5.41, 5.74) is 0.915. The van der Waals surface area contributed by atoms with Crippen molar-refractivity contribution in [3.63, 3.8) is 0 Å². The lowest BCUT2D eigenvalue weighted by molar-refractivity contribution is -0.137. The molecule has 1 aromatic rings. The fraction of sp³-hybridized carbons (Fsp3) is 0.533. The van der Waals surface area contributed by atoms with E-state index in [0.717, 1.165) is 5.56 Å². The molecule has 0 unspecified atom stereocenters. The van der Waals surface area contributed by atoms with Crippen molar-refractivity contribution in [3.8, 4) is 17.2 Å². The SMILES string of the molecule is COc1cc(OC)c(CN(C)CCCC(=O)O)c(OC)c1. The van der Waals surface area contributed by atoms with Gasteiger partial charge in [-0.1, -0.05) is 0 Å². The second kappa shape index (κ2) is 8.36. The Morgan fingerprint density at radius 2 is 1.71 bits per heavy atom. The maximum Gasteiger partial charge on any atom is 0.303 e. The predicted molar refractivity (Wildman–Crippen MR) is 79.3 cm³/mol. The van der Waals surface area contributed by atoms with Crippen LogP contribution in [0.4, 0.5) is 0 Å². The van der Waals surface area contributed by atoms with E-state index in [4.69, 9.17) is 19.3 Å². The summed E-state index contributed by atoms with van der Waals surface area (Å²) in [5, 5.41) is 8.67. The predicted octanol–water partition coefficient (Wildman–Crippen LogP) is 2.01. The van der Waals surface area contributed by atoms with Crippen molar-refractivity contribution in [3.05, 3.63) is 17.7 Å². The molecule has 1 N–H and O–H groups in total. The molecule has 0 radical (unpaired) electrons. The van der Waals surface area contributed by atoms with Gasteiger partial charge in [0.2, 0.25) is 0 Å². The molecule has 0 saturated carbocycles. The number of nitrogens with zero attached hydrogens (tertiary/aromatic N) is 1. The minimum Gasteiger partial charge on any atom is -0.496 e. The molecule has 6 heteroatoms. The molecule has 1 rings (SSSR count).